The first-order valence-electron chi connectivity index (χ1n) is 6.88. The molecule has 4 nitrogen and oxygen atoms in total. The number of rotatable bonds is 9. The van der Waals surface area contributed by atoms with Crippen LogP contribution in [0, 0.1) is 5.92 Å². The largest absolute Gasteiger partial charge is 0.393 e. The van der Waals surface area contributed by atoms with Crippen molar-refractivity contribution in [1.82, 2.24) is 5.32 Å². The van der Waals surface area contributed by atoms with Crippen LogP contribution in [0.5, 0.6) is 0 Å². The van der Waals surface area contributed by atoms with Gasteiger partial charge < -0.3 is 20.3 Å². The molecule has 0 aromatic carbocycles. The van der Waals surface area contributed by atoms with Crippen molar-refractivity contribution in [3.05, 3.63) is 0 Å². The number of unbranched alkanes of at least 4 members (excludes halogenated alkanes) is 1. The Kier molecular flexibility index (Phi) is 7.77. The second kappa shape index (κ2) is 8.86. The zero-order valence-electron chi connectivity index (χ0n) is 10.9. The summed E-state index contributed by atoms with van der Waals surface area (Å²) in [7, 11) is 0. The molecular formula is C13H27NO3. The summed E-state index contributed by atoms with van der Waals surface area (Å²) in [4.78, 5) is 0. The number of aliphatic hydroxyl groups is 2. The molecule has 0 saturated heterocycles. The molecule has 3 N–H and O–H groups in total. The van der Waals surface area contributed by atoms with Crippen LogP contribution in [0.1, 0.15) is 39.0 Å². The van der Waals surface area contributed by atoms with Gasteiger partial charge in [-0.1, -0.05) is 19.8 Å². The third kappa shape index (κ3) is 6.36. The van der Waals surface area contributed by atoms with Crippen LogP contribution in [0.25, 0.3) is 0 Å². The predicted molar refractivity (Wildman–Crippen MR) is 68.0 cm³/mol. The van der Waals surface area contributed by atoms with E-state index in [4.69, 9.17) is 4.74 Å². The van der Waals surface area contributed by atoms with Crippen LogP contribution in [0.4, 0.5) is 0 Å². The van der Waals surface area contributed by atoms with E-state index < -0.39 is 6.10 Å². The Labute approximate surface area is 104 Å². The first kappa shape index (κ1) is 14.9. The van der Waals surface area contributed by atoms with E-state index in [0.717, 1.165) is 45.3 Å². The molecule has 0 aromatic rings. The van der Waals surface area contributed by atoms with Crippen molar-refractivity contribution < 1.29 is 14.9 Å². The molecule has 0 bridgehead atoms. The molecule has 0 radical (unpaired) electrons. The molecule has 0 amide bonds. The van der Waals surface area contributed by atoms with E-state index in [1.807, 2.05) is 0 Å². The van der Waals surface area contributed by atoms with Crippen molar-refractivity contribution in [2.45, 2.75) is 51.2 Å². The van der Waals surface area contributed by atoms with Gasteiger partial charge in [-0.15, -0.1) is 0 Å². The lowest BCUT2D eigenvalue weighted by Gasteiger charge is -2.17. The van der Waals surface area contributed by atoms with Gasteiger partial charge in [-0.2, -0.15) is 0 Å². The highest BCUT2D eigenvalue weighted by atomic mass is 16.5. The van der Waals surface area contributed by atoms with Crippen LogP contribution in [-0.2, 0) is 4.74 Å². The molecule has 3 unspecified atom stereocenters. The van der Waals surface area contributed by atoms with Crippen LogP contribution in [-0.4, -0.2) is 48.7 Å². The van der Waals surface area contributed by atoms with E-state index in [-0.39, 0.29) is 6.10 Å². The first-order valence-corrected chi connectivity index (χ1v) is 6.88. The molecule has 17 heavy (non-hydrogen) atoms. The van der Waals surface area contributed by atoms with Gasteiger partial charge in [0, 0.05) is 19.7 Å². The zero-order chi connectivity index (χ0) is 12.5. The average molecular weight is 245 g/mol. The maximum atomic E-state index is 9.64. The summed E-state index contributed by atoms with van der Waals surface area (Å²) in [5.41, 5.74) is 0. The maximum Gasteiger partial charge on any atom is 0.0897 e. The van der Waals surface area contributed by atoms with E-state index in [1.165, 1.54) is 0 Å². The number of ether oxygens (including phenoxy) is 1. The van der Waals surface area contributed by atoms with Gasteiger partial charge in [-0.3, -0.25) is 0 Å². The minimum Gasteiger partial charge on any atom is -0.393 e. The minimum absolute atomic E-state index is 0.152. The normalized spacial score (nSPS) is 26.3. The van der Waals surface area contributed by atoms with Gasteiger partial charge >= 0.3 is 0 Å². The summed E-state index contributed by atoms with van der Waals surface area (Å²) in [6.07, 6.45) is 4.72. The van der Waals surface area contributed by atoms with E-state index in [1.54, 1.807) is 0 Å². The van der Waals surface area contributed by atoms with E-state index in [9.17, 15) is 10.2 Å². The fraction of sp³-hybridized carbons (Fsp3) is 1.00. The van der Waals surface area contributed by atoms with Gasteiger partial charge in [0.2, 0.25) is 0 Å². The number of nitrogens with one attached hydrogen (secondary N) is 1. The fourth-order valence-corrected chi connectivity index (χ4v) is 2.22. The van der Waals surface area contributed by atoms with Crippen molar-refractivity contribution in [3.8, 4) is 0 Å². The lowest BCUT2D eigenvalue weighted by atomic mass is 10.1. The summed E-state index contributed by atoms with van der Waals surface area (Å²) < 4.78 is 5.34. The maximum absolute atomic E-state index is 9.64. The predicted octanol–water partition coefficient (Wildman–Crippen LogP) is 0.915. The van der Waals surface area contributed by atoms with Crippen LogP contribution in [0.15, 0.2) is 0 Å². The topological polar surface area (TPSA) is 61.7 Å². The molecule has 1 aliphatic rings. The van der Waals surface area contributed by atoms with Crippen LogP contribution in [0.3, 0.4) is 0 Å². The van der Waals surface area contributed by atoms with Crippen LogP contribution in [0.2, 0.25) is 0 Å². The van der Waals surface area contributed by atoms with Gasteiger partial charge in [-0.25, -0.2) is 0 Å². The van der Waals surface area contributed by atoms with Crippen molar-refractivity contribution in [2.24, 2.45) is 5.92 Å². The molecule has 4 heteroatoms. The Bertz CT molecular complexity index is 190. The standard InChI is InChI=1S/C13H27NO3/c1-2-3-7-17-10-12(15)9-14-8-11-5-4-6-13(11)16/h11-16H,2-10H2,1H3. The van der Waals surface area contributed by atoms with Crippen molar-refractivity contribution in [1.29, 1.82) is 0 Å². The zero-order valence-corrected chi connectivity index (χ0v) is 10.9. The van der Waals surface area contributed by atoms with Gasteiger partial charge in [0.1, 0.15) is 0 Å². The fourth-order valence-electron chi connectivity index (χ4n) is 2.22. The molecule has 1 saturated carbocycles. The van der Waals surface area contributed by atoms with Crippen molar-refractivity contribution in [2.75, 3.05) is 26.3 Å². The van der Waals surface area contributed by atoms with Gasteiger partial charge in [-0.05, 0) is 25.2 Å². The third-order valence-electron chi connectivity index (χ3n) is 3.36. The van der Waals surface area contributed by atoms with Crippen LogP contribution < -0.4 is 5.32 Å². The highest BCUT2D eigenvalue weighted by molar-refractivity contribution is 4.78. The molecule has 0 aromatic heterocycles. The molecule has 3 atom stereocenters. The van der Waals surface area contributed by atoms with Gasteiger partial charge in [0.15, 0.2) is 0 Å². The first-order chi connectivity index (χ1) is 8.24. The number of aliphatic hydroxyl groups excluding tert-OH is 2. The second-order valence-corrected chi connectivity index (χ2v) is 5.00. The summed E-state index contributed by atoms with van der Waals surface area (Å²) >= 11 is 0. The lowest BCUT2D eigenvalue weighted by Crippen LogP contribution is -2.35. The quantitative estimate of drug-likeness (QED) is 0.529. The Hall–Kier alpha value is -0.160. The summed E-state index contributed by atoms with van der Waals surface area (Å²) in [5, 5.41) is 22.5. The average Bonchev–Trinajstić information content (AvgIpc) is 2.71. The SMILES string of the molecule is CCCCOCC(O)CNCC1CCCC1O. The Balaban J connectivity index is 1.94. The van der Waals surface area contributed by atoms with Crippen molar-refractivity contribution >= 4 is 0 Å². The van der Waals surface area contributed by atoms with Crippen molar-refractivity contribution in [3.63, 3.8) is 0 Å². The highest BCUT2D eigenvalue weighted by Crippen LogP contribution is 2.24. The molecule has 102 valence electrons. The smallest absolute Gasteiger partial charge is 0.0897 e. The molecule has 1 rings (SSSR count). The van der Waals surface area contributed by atoms with E-state index in [0.29, 0.717) is 19.1 Å². The molecule has 1 fully saturated rings. The molecule has 1 aliphatic carbocycles. The third-order valence-corrected chi connectivity index (χ3v) is 3.36. The van der Waals surface area contributed by atoms with E-state index in [2.05, 4.69) is 12.2 Å². The summed E-state index contributed by atoms with van der Waals surface area (Å²) in [5.74, 6) is 0.364. The highest BCUT2D eigenvalue weighted by Gasteiger charge is 2.24. The summed E-state index contributed by atoms with van der Waals surface area (Å²) in [6, 6.07) is 0. The molecular weight excluding hydrogens is 218 g/mol. The van der Waals surface area contributed by atoms with E-state index >= 15 is 0 Å². The Morgan fingerprint density at radius 2 is 2.24 bits per heavy atom. The number of hydrogen-bond donors (Lipinski definition) is 3. The minimum atomic E-state index is -0.439. The second-order valence-electron chi connectivity index (χ2n) is 5.00. The number of hydrogen-bond acceptors (Lipinski definition) is 4. The molecule has 0 heterocycles. The molecule has 0 aliphatic heterocycles. The van der Waals surface area contributed by atoms with Gasteiger partial charge in [0.05, 0.1) is 18.8 Å². The van der Waals surface area contributed by atoms with Gasteiger partial charge in [0.25, 0.3) is 0 Å². The Morgan fingerprint density at radius 3 is 2.88 bits per heavy atom. The van der Waals surface area contributed by atoms with Crippen LogP contribution >= 0.6 is 0 Å². The molecule has 0 spiro atoms. The Morgan fingerprint density at radius 1 is 1.41 bits per heavy atom. The lowest BCUT2D eigenvalue weighted by molar-refractivity contribution is 0.0345. The summed E-state index contributed by atoms with van der Waals surface area (Å²) in [6.45, 7) is 4.60. The monoisotopic (exact) mass is 245 g/mol.